The van der Waals surface area contributed by atoms with Crippen molar-refractivity contribution in [3.63, 3.8) is 0 Å². The SMILES string of the molecule is COc1ccc(C2CCCCN2)c(OC)c1. The second kappa shape index (κ2) is 5.21. The van der Waals surface area contributed by atoms with Gasteiger partial charge in [-0.15, -0.1) is 0 Å². The molecule has 1 saturated heterocycles. The molecule has 0 radical (unpaired) electrons. The Labute approximate surface area is 96.8 Å². The maximum Gasteiger partial charge on any atom is 0.127 e. The predicted molar refractivity (Wildman–Crippen MR) is 64.1 cm³/mol. The van der Waals surface area contributed by atoms with Gasteiger partial charge in [-0.1, -0.05) is 12.5 Å². The summed E-state index contributed by atoms with van der Waals surface area (Å²) in [4.78, 5) is 0. The number of rotatable bonds is 3. The Hall–Kier alpha value is -1.22. The highest BCUT2D eigenvalue weighted by Gasteiger charge is 2.18. The number of ether oxygens (including phenoxy) is 2. The minimum Gasteiger partial charge on any atom is -0.497 e. The van der Waals surface area contributed by atoms with Crippen molar-refractivity contribution in [2.75, 3.05) is 20.8 Å². The van der Waals surface area contributed by atoms with E-state index in [0.29, 0.717) is 6.04 Å². The average Bonchev–Trinajstić information content (AvgIpc) is 2.39. The topological polar surface area (TPSA) is 30.5 Å². The van der Waals surface area contributed by atoms with E-state index in [1.165, 1.54) is 24.8 Å². The lowest BCUT2D eigenvalue weighted by Crippen LogP contribution is -2.27. The molecule has 0 aromatic heterocycles. The van der Waals surface area contributed by atoms with Gasteiger partial charge in [0.05, 0.1) is 14.2 Å². The van der Waals surface area contributed by atoms with Crippen LogP contribution in [0.2, 0.25) is 0 Å². The molecular formula is C13H19NO2. The normalized spacial score (nSPS) is 20.5. The van der Waals surface area contributed by atoms with Crippen LogP contribution >= 0.6 is 0 Å². The minimum absolute atomic E-state index is 0.426. The summed E-state index contributed by atoms with van der Waals surface area (Å²) >= 11 is 0. The van der Waals surface area contributed by atoms with Crippen molar-refractivity contribution < 1.29 is 9.47 Å². The maximum absolute atomic E-state index is 5.42. The molecule has 88 valence electrons. The summed E-state index contributed by atoms with van der Waals surface area (Å²) in [5.41, 5.74) is 1.24. The highest BCUT2D eigenvalue weighted by atomic mass is 16.5. The van der Waals surface area contributed by atoms with Crippen LogP contribution in [0.4, 0.5) is 0 Å². The van der Waals surface area contributed by atoms with Crippen molar-refractivity contribution in [2.45, 2.75) is 25.3 Å². The third-order valence-corrected chi connectivity index (χ3v) is 3.13. The molecule has 1 heterocycles. The lowest BCUT2D eigenvalue weighted by atomic mass is 9.96. The van der Waals surface area contributed by atoms with Crippen molar-refractivity contribution in [3.8, 4) is 11.5 Å². The van der Waals surface area contributed by atoms with Crippen LogP contribution in [0.1, 0.15) is 30.9 Å². The first-order valence-electron chi connectivity index (χ1n) is 5.80. The molecule has 3 nitrogen and oxygen atoms in total. The van der Waals surface area contributed by atoms with Crippen molar-refractivity contribution in [2.24, 2.45) is 0 Å². The molecule has 3 heteroatoms. The quantitative estimate of drug-likeness (QED) is 0.850. The number of nitrogens with one attached hydrogen (secondary N) is 1. The number of methoxy groups -OCH3 is 2. The standard InChI is InChI=1S/C13H19NO2/c1-15-10-6-7-11(13(9-10)16-2)12-5-3-4-8-14-12/h6-7,9,12,14H,3-5,8H2,1-2H3. The highest BCUT2D eigenvalue weighted by molar-refractivity contribution is 5.42. The van der Waals surface area contributed by atoms with Gasteiger partial charge in [0.1, 0.15) is 11.5 Å². The van der Waals surface area contributed by atoms with Crippen LogP contribution in [-0.4, -0.2) is 20.8 Å². The molecule has 1 atom stereocenters. The molecule has 1 fully saturated rings. The lowest BCUT2D eigenvalue weighted by Gasteiger charge is -2.25. The molecule has 2 rings (SSSR count). The number of hydrogen-bond acceptors (Lipinski definition) is 3. The van der Waals surface area contributed by atoms with Crippen LogP contribution < -0.4 is 14.8 Å². The molecule has 1 unspecified atom stereocenters. The van der Waals surface area contributed by atoms with Crippen LogP contribution in [0.3, 0.4) is 0 Å². The van der Waals surface area contributed by atoms with Gasteiger partial charge in [-0.25, -0.2) is 0 Å². The molecule has 1 aromatic rings. The summed E-state index contributed by atoms with van der Waals surface area (Å²) < 4.78 is 10.6. The van der Waals surface area contributed by atoms with Crippen LogP contribution in [0, 0.1) is 0 Å². The Morgan fingerprint density at radius 1 is 1.19 bits per heavy atom. The Kier molecular flexibility index (Phi) is 3.67. The highest BCUT2D eigenvalue weighted by Crippen LogP contribution is 2.33. The largest absolute Gasteiger partial charge is 0.497 e. The van der Waals surface area contributed by atoms with E-state index >= 15 is 0 Å². The molecule has 16 heavy (non-hydrogen) atoms. The zero-order valence-corrected chi connectivity index (χ0v) is 9.95. The Morgan fingerprint density at radius 3 is 2.69 bits per heavy atom. The van der Waals surface area contributed by atoms with Crippen molar-refractivity contribution in [3.05, 3.63) is 23.8 Å². The summed E-state index contributed by atoms with van der Waals surface area (Å²) in [6, 6.07) is 6.47. The summed E-state index contributed by atoms with van der Waals surface area (Å²) in [5.74, 6) is 1.76. The minimum atomic E-state index is 0.426. The van der Waals surface area contributed by atoms with Crippen LogP contribution in [0.25, 0.3) is 0 Å². The van der Waals surface area contributed by atoms with E-state index in [1.807, 2.05) is 12.1 Å². The van der Waals surface area contributed by atoms with E-state index in [2.05, 4.69) is 11.4 Å². The Balaban J connectivity index is 2.24. The van der Waals surface area contributed by atoms with Crippen molar-refractivity contribution >= 4 is 0 Å². The van der Waals surface area contributed by atoms with Crippen LogP contribution in [0.15, 0.2) is 18.2 Å². The molecule has 1 aliphatic heterocycles. The fourth-order valence-electron chi connectivity index (χ4n) is 2.22. The van der Waals surface area contributed by atoms with Gasteiger partial charge >= 0.3 is 0 Å². The van der Waals surface area contributed by atoms with E-state index in [9.17, 15) is 0 Å². The smallest absolute Gasteiger partial charge is 0.127 e. The fraction of sp³-hybridized carbons (Fsp3) is 0.538. The van der Waals surface area contributed by atoms with E-state index in [-0.39, 0.29) is 0 Å². The first kappa shape index (κ1) is 11.3. The summed E-state index contributed by atoms with van der Waals surface area (Å²) in [6.07, 6.45) is 3.74. The Morgan fingerprint density at radius 2 is 2.06 bits per heavy atom. The molecule has 0 saturated carbocycles. The van der Waals surface area contributed by atoms with Crippen molar-refractivity contribution in [1.82, 2.24) is 5.32 Å². The number of hydrogen-bond donors (Lipinski definition) is 1. The van der Waals surface area contributed by atoms with Crippen LogP contribution in [-0.2, 0) is 0 Å². The van der Waals surface area contributed by atoms with Crippen LogP contribution in [0.5, 0.6) is 11.5 Å². The van der Waals surface area contributed by atoms with E-state index in [1.54, 1.807) is 14.2 Å². The second-order valence-electron chi connectivity index (χ2n) is 4.11. The molecule has 0 spiro atoms. The van der Waals surface area contributed by atoms with Gasteiger partial charge in [-0.2, -0.15) is 0 Å². The summed E-state index contributed by atoms with van der Waals surface area (Å²) in [5, 5.41) is 3.53. The van der Waals surface area contributed by atoms with Crippen molar-refractivity contribution in [1.29, 1.82) is 0 Å². The van der Waals surface area contributed by atoms with Gasteiger partial charge < -0.3 is 14.8 Å². The van der Waals surface area contributed by atoms with Gasteiger partial charge in [0.2, 0.25) is 0 Å². The number of benzene rings is 1. The summed E-state index contributed by atoms with van der Waals surface area (Å²) in [6.45, 7) is 1.10. The number of piperidine rings is 1. The molecule has 1 aliphatic rings. The first-order valence-corrected chi connectivity index (χ1v) is 5.80. The maximum atomic E-state index is 5.42. The van der Waals surface area contributed by atoms with Gasteiger partial charge in [-0.05, 0) is 25.5 Å². The third kappa shape index (κ3) is 2.30. The van der Waals surface area contributed by atoms with E-state index in [0.717, 1.165) is 18.0 Å². The molecule has 0 aliphatic carbocycles. The van der Waals surface area contributed by atoms with Gasteiger partial charge in [0.15, 0.2) is 0 Å². The van der Waals surface area contributed by atoms with E-state index in [4.69, 9.17) is 9.47 Å². The predicted octanol–water partition coefficient (Wildman–Crippen LogP) is 2.52. The molecule has 1 aromatic carbocycles. The summed E-state index contributed by atoms with van der Waals surface area (Å²) in [7, 11) is 3.38. The van der Waals surface area contributed by atoms with Gasteiger partial charge in [0.25, 0.3) is 0 Å². The molecular weight excluding hydrogens is 202 g/mol. The molecule has 0 bridgehead atoms. The monoisotopic (exact) mass is 221 g/mol. The fourth-order valence-corrected chi connectivity index (χ4v) is 2.22. The van der Waals surface area contributed by atoms with Gasteiger partial charge in [-0.3, -0.25) is 0 Å². The zero-order valence-electron chi connectivity index (χ0n) is 9.95. The second-order valence-corrected chi connectivity index (χ2v) is 4.11. The molecule has 1 N–H and O–H groups in total. The van der Waals surface area contributed by atoms with E-state index < -0.39 is 0 Å². The van der Waals surface area contributed by atoms with Gasteiger partial charge in [0, 0.05) is 17.7 Å². The molecule has 0 amide bonds. The first-order chi connectivity index (χ1) is 7.85. The zero-order chi connectivity index (χ0) is 11.4. The lowest BCUT2D eigenvalue weighted by molar-refractivity contribution is 0.366. The third-order valence-electron chi connectivity index (χ3n) is 3.13. The average molecular weight is 221 g/mol. The Bertz CT molecular complexity index is 346.